The lowest BCUT2D eigenvalue weighted by Gasteiger charge is -2.36. The summed E-state index contributed by atoms with van der Waals surface area (Å²) in [5.74, 6) is 1.26. The summed E-state index contributed by atoms with van der Waals surface area (Å²) in [5.41, 5.74) is 0.907. The Morgan fingerprint density at radius 1 is 1.19 bits per heavy atom. The number of nitrogens with one attached hydrogen (secondary N) is 1. The average Bonchev–Trinajstić information content (AvgIpc) is 2.89. The van der Waals surface area contributed by atoms with Crippen LogP contribution in [0.1, 0.15) is 37.7 Å². The minimum absolute atomic E-state index is 0.0364. The molecule has 2 saturated carbocycles. The van der Waals surface area contributed by atoms with Crippen molar-refractivity contribution >= 4 is 0 Å². The largest absolute Gasteiger partial charge is 0.311 e. The van der Waals surface area contributed by atoms with E-state index in [1.54, 1.807) is 12.1 Å². The predicted octanol–water partition coefficient (Wildman–Crippen LogP) is 3.07. The second kappa shape index (κ2) is 3.85. The molecule has 0 heterocycles. The van der Waals surface area contributed by atoms with Crippen LogP contribution in [0, 0.1) is 11.7 Å². The van der Waals surface area contributed by atoms with Crippen LogP contribution in [-0.2, 0) is 0 Å². The molecule has 0 radical (unpaired) electrons. The van der Waals surface area contributed by atoms with Crippen LogP contribution in [-0.4, -0.2) is 12.1 Å². The molecule has 1 N–H and O–H groups in total. The SMILES string of the molecule is CC1CC1NC1CC(c2ccccc2F)C1. The van der Waals surface area contributed by atoms with Crippen LogP contribution >= 0.6 is 0 Å². The molecular formula is C14H18FN. The monoisotopic (exact) mass is 219 g/mol. The summed E-state index contributed by atoms with van der Waals surface area (Å²) >= 11 is 0. The van der Waals surface area contributed by atoms with Gasteiger partial charge in [0.2, 0.25) is 0 Å². The minimum atomic E-state index is -0.0364. The minimum Gasteiger partial charge on any atom is -0.311 e. The van der Waals surface area contributed by atoms with Crippen LogP contribution in [0.15, 0.2) is 24.3 Å². The third-order valence-corrected chi connectivity index (χ3v) is 4.04. The standard InChI is InChI=1S/C14H18FN/c1-9-6-14(9)16-11-7-10(8-11)12-4-2-3-5-13(12)15/h2-5,9-11,14,16H,6-8H2,1H3. The molecule has 2 heteroatoms. The third-order valence-electron chi connectivity index (χ3n) is 4.04. The van der Waals surface area contributed by atoms with Crippen molar-refractivity contribution < 1.29 is 4.39 Å². The van der Waals surface area contributed by atoms with Crippen molar-refractivity contribution in [2.45, 2.75) is 44.2 Å². The summed E-state index contributed by atoms with van der Waals surface area (Å²) in [7, 11) is 0. The summed E-state index contributed by atoms with van der Waals surface area (Å²) in [6.45, 7) is 2.28. The van der Waals surface area contributed by atoms with Crippen LogP contribution in [0.2, 0.25) is 0 Å². The Labute approximate surface area is 96.1 Å². The Kier molecular flexibility index (Phi) is 2.47. The Balaban J connectivity index is 1.55. The molecule has 2 unspecified atom stereocenters. The van der Waals surface area contributed by atoms with Gasteiger partial charge in [-0.2, -0.15) is 0 Å². The highest BCUT2D eigenvalue weighted by molar-refractivity contribution is 5.24. The molecule has 0 saturated heterocycles. The fourth-order valence-corrected chi connectivity index (χ4v) is 2.67. The molecule has 1 aromatic carbocycles. The van der Waals surface area contributed by atoms with Gasteiger partial charge >= 0.3 is 0 Å². The van der Waals surface area contributed by atoms with Crippen molar-refractivity contribution in [1.29, 1.82) is 0 Å². The lowest BCUT2D eigenvalue weighted by molar-refractivity contribution is 0.280. The van der Waals surface area contributed by atoms with Gasteiger partial charge in [-0.3, -0.25) is 0 Å². The van der Waals surface area contributed by atoms with Gasteiger partial charge in [-0.05, 0) is 42.7 Å². The molecule has 2 atom stereocenters. The number of benzene rings is 1. The van der Waals surface area contributed by atoms with E-state index in [9.17, 15) is 4.39 Å². The summed E-state index contributed by atoms with van der Waals surface area (Å²) in [4.78, 5) is 0. The Morgan fingerprint density at radius 2 is 1.88 bits per heavy atom. The van der Waals surface area contributed by atoms with Crippen molar-refractivity contribution in [3.05, 3.63) is 35.6 Å². The zero-order chi connectivity index (χ0) is 11.1. The summed E-state index contributed by atoms with van der Waals surface area (Å²) in [5, 5.41) is 3.64. The molecule has 0 spiro atoms. The van der Waals surface area contributed by atoms with E-state index in [-0.39, 0.29) is 5.82 Å². The lowest BCUT2D eigenvalue weighted by Crippen LogP contribution is -2.41. The maximum atomic E-state index is 13.5. The molecular weight excluding hydrogens is 201 g/mol. The molecule has 3 rings (SSSR count). The van der Waals surface area contributed by atoms with Crippen LogP contribution in [0.3, 0.4) is 0 Å². The summed E-state index contributed by atoms with van der Waals surface area (Å²) in [6, 6.07) is 8.56. The van der Waals surface area contributed by atoms with Gasteiger partial charge in [0.05, 0.1) is 0 Å². The van der Waals surface area contributed by atoms with Crippen molar-refractivity contribution in [2.75, 3.05) is 0 Å². The molecule has 86 valence electrons. The molecule has 0 aliphatic heterocycles. The number of halogens is 1. The lowest BCUT2D eigenvalue weighted by atomic mass is 9.75. The van der Waals surface area contributed by atoms with E-state index < -0.39 is 0 Å². The first-order chi connectivity index (χ1) is 7.74. The molecule has 2 aliphatic rings. The number of hydrogen-bond acceptors (Lipinski definition) is 1. The quantitative estimate of drug-likeness (QED) is 0.823. The Hall–Kier alpha value is -0.890. The van der Waals surface area contributed by atoms with Gasteiger partial charge in [0.25, 0.3) is 0 Å². The maximum Gasteiger partial charge on any atom is 0.126 e. The van der Waals surface area contributed by atoms with E-state index in [1.807, 2.05) is 12.1 Å². The average molecular weight is 219 g/mol. The second-order valence-corrected chi connectivity index (χ2v) is 5.37. The molecule has 0 bridgehead atoms. The van der Waals surface area contributed by atoms with Gasteiger partial charge in [-0.25, -0.2) is 4.39 Å². The smallest absolute Gasteiger partial charge is 0.126 e. The fraction of sp³-hybridized carbons (Fsp3) is 0.571. The number of rotatable bonds is 3. The first kappa shape index (κ1) is 10.3. The van der Waals surface area contributed by atoms with E-state index >= 15 is 0 Å². The van der Waals surface area contributed by atoms with Crippen LogP contribution < -0.4 is 5.32 Å². The first-order valence-corrected chi connectivity index (χ1v) is 6.24. The van der Waals surface area contributed by atoms with Gasteiger partial charge < -0.3 is 5.32 Å². The highest BCUT2D eigenvalue weighted by Crippen LogP contribution is 2.40. The highest BCUT2D eigenvalue weighted by atomic mass is 19.1. The van der Waals surface area contributed by atoms with Crippen molar-refractivity contribution in [1.82, 2.24) is 5.32 Å². The van der Waals surface area contributed by atoms with E-state index in [4.69, 9.17) is 0 Å². The Morgan fingerprint density at radius 3 is 2.50 bits per heavy atom. The molecule has 0 aromatic heterocycles. The fourth-order valence-electron chi connectivity index (χ4n) is 2.67. The maximum absolute atomic E-state index is 13.5. The zero-order valence-corrected chi connectivity index (χ0v) is 9.62. The van der Waals surface area contributed by atoms with Crippen LogP contribution in [0.25, 0.3) is 0 Å². The topological polar surface area (TPSA) is 12.0 Å². The molecule has 2 fully saturated rings. The van der Waals surface area contributed by atoms with Gasteiger partial charge in [-0.1, -0.05) is 25.1 Å². The van der Waals surface area contributed by atoms with E-state index in [2.05, 4.69) is 12.2 Å². The van der Waals surface area contributed by atoms with Crippen LogP contribution in [0.4, 0.5) is 4.39 Å². The van der Waals surface area contributed by atoms with E-state index in [1.165, 1.54) is 6.42 Å². The van der Waals surface area contributed by atoms with Crippen molar-refractivity contribution in [3.63, 3.8) is 0 Å². The third kappa shape index (κ3) is 1.86. The molecule has 2 aliphatic carbocycles. The first-order valence-electron chi connectivity index (χ1n) is 6.24. The van der Waals surface area contributed by atoms with Gasteiger partial charge in [0, 0.05) is 12.1 Å². The molecule has 1 nitrogen and oxygen atoms in total. The van der Waals surface area contributed by atoms with Gasteiger partial charge in [0.1, 0.15) is 5.82 Å². The second-order valence-electron chi connectivity index (χ2n) is 5.37. The normalized spacial score (nSPS) is 36.9. The van der Waals surface area contributed by atoms with E-state index in [0.717, 1.165) is 30.4 Å². The van der Waals surface area contributed by atoms with E-state index in [0.29, 0.717) is 12.0 Å². The molecule has 16 heavy (non-hydrogen) atoms. The Bertz CT molecular complexity index is 384. The zero-order valence-electron chi connectivity index (χ0n) is 9.62. The molecule has 1 aromatic rings. The number of hydrogen-bond donors (Lipinski definition) is 1. The summed E-state index contributed by atoms with van der Waals surface area (Å²) < 4.78 is 13.5. The van der Waals surface area contributed by atoms with Gasteiger partial charge in [0.15, 0.2) is 0 Å². The van der Waals surface area contributed by atoms with Gasteiger partial charge in [-0.15, -0.1) is 0 Å². The highest BCUT2D eigenvalue weighted by Gasteiger charge is 2.39. The summed E-state index contributed by atoms with van der Waals surface area (Å²) in [6.07, 6.45) is 3.52. The molecule has 0 amide bonds. The van der Waals surface area contributed by atoms with Crippen LogP contribution in [0.5, 0.6) is 0 Å². The van der Waals surface area contributed by atoms with Crippen molar-refractivity contribution in [3.8, 4) is 0 Å². The van der Waals surface area contributed by atoms with Crippen molar-refractivity contribution in [2.24, 2.45) is 5.92 Å². The predicted molar refractivity (Wildman–Crippen MR) is 62.9 cm³/mol.